The molecule has 2 aromatic rings. The van der Waals surface area contributed by atoms with Gasteiger partial charge in [-0.15, -0.1) is 0 Å². The summed E-state index contributed by atoms with van der Waals surface area (Å²) in [7, 11) is 0. The number of amides is 1. The van der Waals surface area contributed by atoms with Gasteiger partial charge in [0.15, 0.2) is 5.09 Å². The summed E-state index contributed by atoms with van der Waals surface area (Å²) < 4.78 is 5.56. The van der Waals surface area contributed by atoms with Gasteiger partial charge >= 0.3 is 5.91 Å². The molecule has 2 bridgehead atoms. The largest absolute Gasteiger partial charge is 0.425 e. The maximum absolute atomic E-state index is 12.3. The molecule has 5 nitrogen and oxygen atoms in total. The van der Waals surface area contributed by atoms with Crippen molar-refractivity contribution in [1.29, 1.82) is 0 Å². The van der Waals surface area contributed by atoms with Crippen LogP contribution in [0.2, 0.25) is 5.02 Å². The van der Waals surface area contributed by atoms with E-state index in [4.69, 9.17) is 16.0 Å². The van der Waals surface area contributed by atoms with E-state index in [9.17, 15) is 4.79 Å². The van der Waals surface area contributed by atoms with E-state index >= 15 is 0 Å². The highest BCUT2D eigenvalue weighted by molar-refractivity contribution is 7.99. The van der Waals surface area contributed by atoms with E-state index in [2.05, 4.69) is 15.6 Å². The second-order valence-corrected chi connectivity index (χ2v) is 7.42. The van der Waals surface area contributed by atoms with E-state index in [1.807, 2.05) is 24.3 Å². The molecule has 1 aromatic carbocycles. The van der Waals surface area contributed by atoms with Crippen LogP contribution in [0.3, 0.4) is 0 Å². The number of halogens is 1. The van der Waals surface area contributed by atoms with Crippen molar-refractivity contribution in [1.82, 2.24) is 15.6 Å². The second kappa shape index (κ2) is 6.19. The third kappa shape index (κ3) is 3.24. The minimum absolute atomic E-state index is 0.109. The van der Waals surface area contributed by atoms with Gasteiger partial charge in [0.2, 0.25) is 0 Å². The number of nitrogens with zero attached hydrogens (tertiary/aromatic N) is 1. The first kappa shape index (κ1) is 15.1. The van der Waals surface area contributed by atoms with Crippen LogP contribution in [0.1, 0.15) is 29.9 Å². The quantitative estimate of drug-likeness (QED) is 0.887. The molecule has 3 heterocycles. The number of nitrogens with one attached hydrogen (secondary N) is 2. The Morgan fingerprint density at radius 2 is 2.35 bits per heavy atom. The van der Waals surface area contributed by atoms with Crippen molar-refractivity contribution in [2.45, 2.75) is 47.4 Å². The number of carbonyl (C=O) groups excluding carboxylic acids is 1. The van der Waals surface area contributed by atoms with Crippen molar-refractivity contribution >= 4 is 29.3 Å². The van der Waals surface area contributed by atoms with Gasteiger partial charge < -0.3 is 15.1 Å². The van der Waals surface area contributed by atoms with Crippen molar-refractivity contribution in [3.05, 3.63) is 41.4 Å². The minimum Gasteiger partial charge on any atom is -0.425 e. The molecule has 0 spiro atoms. The van der Waals surface area contributed by atoms with Crippen LogP contribution in [0.4, 0.5) is 0 Å². The number of hydrogen-bond acceptors (Lipinski definition) is 5. The van der Waals surface area contributed by atoms with E-state index in [0.717, 1.165) is 17.7 Å². The molecule has 1 amide bonds. The molecule has 2 N–H and O–H groups in total. The molecule has 2 fully saturated rings. The minimum atomic E-state index is -0.248. The molecule has 2 aliphatic rings. The highest BCUT2D eigenvalue weighted by atomic mass is 35.5. The molecule has 2 saturated heterocycles. The molecule has 4 rings (SSSR count). The first-order valence-electron chi connectivity index (χ1n) is 7.63. The molecule has 0 saturated carbocycles. The Morgan fingerprint density at radius 1 is 1.43 bits per heavy atom. The van der Waals surface area contributed by atoms with E-state index in [0.29, 0.717) is 22.2 Å². The van der Waals surface area contributed by atoms with Crippen molar-refractivity contribution in [3.63, 3.8) is 0 Å². The topological polar surface area (TPSA) is 67.2 Å². The molecule has 0 radical (unpaired) electrons. The van der Waals surface area contributed by atoms with E-state index in [-0.39, 0.29) is 17.8 Å². The first-order valence-corrected chi connectivity index (χ1v) is 8.83. The van der Waals surface area contributed by atoms with Crippen LogP contribution in [0.5, 0.6) is 0 Å². The second-order valence-electron chi connectivity index (χ2n) is 5.91. The van der Waals surface area contributed by atoms with Gasteiger partial charge in [-0.2, -0.15) is 0 Å². The summed E-state index contributed by atoms with van der Waals surface area (Å²) in [5.41, 5.74) is 0. The molecule has 7 heteroatoms. The van der Waals surface area contributed by atoms with Crippen LogP contribution in [0, 0.1) is 0 Å². The first-order chi connectivity index (χ1) is 11.2. The average Bonchev–Trinajstić information content (AvgIpc) is 3.23. The van der Waals surface area contributed by atoms with Gasteiger partial charge in [0, 0.05) is 28.0 Å². The summed E-state index contributed by atoms with van der Waals surface area (Å²) >= 11 is 7.35. The molecule has 3 unspecified atom stereocenters. The summed E-state index contributed by atoms with van der Waals surface area (Å²) in [6, 6.07) is 8.57. The fourth-order valence-corrected chi connectivity index (χ4v) is 4.32. The zero-order valence-corrected chi connectivity index (χ0v) is 13.9. The molecule has 1 aromatic heterocycles. The van der Waals surface area contributed by atoms with Crippen molar-refractivity contribution in [2.24, 2.45) is 0 Å². The third-order valence-electron chi connectivity index (χ3n) is 4.31. The summed E-state index contributed by atoms with van der Waals surface area (Å²) in [6.45, 7) is 0. The predicted molar refractivity (Wildman–Crippen MR) is 87.9 cm³/mol. The molecule has 2 aliphatic heterocycles. The molecule has 3 atom stereocenters. The summed E-state index contributed by atoms with van der Waals surface area (Å²) in [5.74, 6) is -0.139. The van der Waals surface area contributed by atoms with Gasteiger partial charge in [0.05, 0.1) is 6.20 Å². The Morgan fingerprint density at radius 3 is 3.09 bits per heavy atom. The van der Waals surface area contributed by atoms with Gasteiger partial charge in [-0.3, -0.25) is 4.79 Å². The van der Waals surface area contributed by atoms with E-state index in [1.54, 1.807) is 6.20 Å². The van der Waals surface area contributed by atoms with Crippen molar-refractivity contribution in [2.75, 3.05) is 0 Å². The standard InChI is InChI=1S/C16H16ClN3O2S/c17-9-2-1-3-11(6-9)23-14-8-18-16(22-14)15(21)20-13-7-10-4-5-12(13)19-10/h1-3,6,8,10,12-13,19H,4-5,7H2,(H,20,21). The normalized spacial score (nSPS) is 25.7. The van der Waals surface area contributed by atoms with Gasteiger partial charge in [-0.05, 0) is 37.5 Å². The Bertz CT molecular complexity index is 736. The molecule has 120 valence electrons. The van der Waals surface area contributed by atoms with E-state index < -0.39 is 0 Å². The van der Waals surface area contributed by atoms with Crippen LogP contribution in [-0.4, -0.2) is 29.0 Å². The van der Waals surface area contributed by atoms with Gasteiger partial charge in [0.1, 0.15) is 0 Å². The molecular formula is C16H16ClN3O2S. The summed E-state index contributed by atoms with van der Waals surface area (Å²) in [6.07, 6.45) is 4.88. The monoisotopic (exact) mass is 349 g/mol. The number of oxazole rings is 1. The van der Waals surface area contributed by atoms with Crippen LogP contribution in [0.15, 0.2) is 44.9 Å². The molecular weight excluding hydrogens is 334 g/mol. The maximum Gasteiger partial charge on any atom is 0.307 e. The summed E-state index contributed by atoms with van der Waals surface area (Å²) in [4.78, 5) is 17.3. The summed E-state index contributed by atoms with van der Waals surface area (Å²) in [5, 5.41) is 7.76. The SMILES string of the molecule is O=C(NC1CC2CCC1N2)c1ncc(Sc2cccc(Cl)c2)o1. The average molecular weight is 350 g/mol. The number of aromatic nitrogens is 1. The third-order valence-corrected chi connectivity index (χ3v) is 5.42. The zero-order chi connectivity index (χ0) is 15.8. The number of hydrogen-bond donors (Lipinski definition) is 2. The number of carbonyl (C=O) groups is 1. The van der Waals surface area contributed by atoms with Crippen molar-refractivity contribution in [3.8, 4) is 0 Å². The highest BCUT2D eigenvalue weighted by Gasteiger charge is 2.40. The number of benzene rings is 1. The lowest BCUT2D eigenvalue weighted by atomic mass is 9.95. The van der Waals surface area contributed by atoms with Crippen molar-refractivity contribution < 1.29 is 9.21 Å². The molecule has 0 aliphatic carbocycles. The Labute approximate surface area is 143 Å². The Hall–Kier alpha value is -1.50. The number of fused-ring (bicyclic) bond motifs is 2. The fraction of sp³-hybridized carbons (Fsp3) is 0.375. The van der Waals surface area contributed by atoms with Gasteiger partial charge in [-0.1, -0.05) is 29.4 Å². The Balaban J connectivity index is 1.40. The lowest BCUT2D eigenvalue weighted by Gasteiger charge is -2.20. The van der Waals surface area contributed by atoms with Crippen LogP contribution >= 0.6 is 23.4 Å². The predicted octanol–water partition coefficient (Wildman–Crippen LogP) is 3.10. The fourth-order valence-electron chi connectivity index (χ4n) is 3.27. The van der Waals surface area contributed by atoms with E-state index in [1.165, 1.54) is 18.2 Å². The smallest absolute Gasteiger partial charge is 0.307 e. The Kier molecular flexibility index (Phi) is 4.05. The lowest BCUT2D eigenvalue weighted by Crippen LogP contribution is -2.43. The zero-order valence-electron chi connectivity index (χ0n) is 12.3. The van der Waals surface area contributed by atoms with Crippen LogP contribution in [-0.2, 0) is 0 Å². The van der Waals surface area contributed by atoms with Crippen LogP contribution in [0.25, 0.3) is 0 Å². The van der Waals surface area contributed by atoms with Gasteiger partial charge in [-0.25, -0.2) is 4.98 Å². The maximum atomic E-state index is 12.3. The number of rotatable bonds is 4. The van der Waals surface area contributed by atoms with Crippen LogP contribution < -0.4 is 10.6 Å². The lowest BCUT2D eigenvalue weighted by molar-refractivity contribution is 0.0890. The van der Waals surface area contributed by atoms with Gasteiger partial charge in [0.25, 0.3) is 5.89 Å². The molecule has 23 heavy (non-hydrogen) atoms. The highest BCUT2D eigenvalue weighted by Crippen LogP contribution is 2.30.